The zero-order chi connectivity index (χ0) is 17.5. The van der Waals surface area contributed by atoms with Crippen LogP contribution < -0.4 is 10.6 Å². The molecule has 0 aliphatic rings. The monoisotopic (exact) mass is 451 g/mol. The van der Waals surface area contributed by atoms with Gasteiger partial charge in [-0.2, -0.15) is 0 Å². The van der Waals surface area contributed by atoms with Gasteiger partial charge in [0.05, 0.1) is 0 Å². The molecule has 2 aromatic rings. The largest absolute Gasteiger partial charge is 0.317 e. The van der Waals surface area contributed by atoms with Crippen molar-refractivity contribution < 1.29 is 4.79 Å². The summed E-state index contributed by atoms with van der Waals surface area (Å²) in [6, 6.07) is 11.8. The minimum absolute atomic E-state index is 0.216. The second kappa shape index (κ2) is 8.89. The van der Waals surface area contributed by atoms with Crippen LogP contribution in [-0.2, 0) is 4.79 Å². The molecule has 0 radical (unpaired) electrons. The lowest BCUT2D eigenvalue weighted by Crippen LogP contribution is -2.33. The fraction of sp³-hybridized carbons (Fsp3) is 0.167. The van der Waals surface area contributed by atoms with E-state index >= 15 is 0 Å². The molecule has 0 bridgehead atoms. The van der Waals surface area contributed by atoms with Crippen molar-refractivity contribution in [3.8, 4) is 0 Å². The van der Waals surface area contributed by atoms with Gasteiger partial charge < -0.3 is 5.32 Å². The van der Waals surface area contributed by atoms with Gasteiger partial charge in [0.2, 0.25) is 5.91 Å². The first-order chi connectivity index (χ1) is 11.4. The van der Waals surface area contributed by atoms with Crippen LogP contribution in [0.25, 0.3) is 6.08 Å². The van der Waals surface area contributed by atoms with E-state index in [4.69, 9.17) is 12.2 Å². The minimum atomic E-state index is -0.286. The lowest BCUT2D eigenvalue weighted by Gasteiger charge is -2.07. The number of aromatic nitrogens is 1. The van der Waals surface area contributed by atoms with Crippen molar-refractivity contribution in [1.82, 2.24) is 10.3 Å². The maximum absolute atomic E-state index is 11.9. The Morgan fingerprint density at radius 3 is 2.50 bits per heavy atom. The van der Waals surface area contributed by atoms with Crippen LogP contribution in [0.5, 0.6) is 0 Å². The number of nitrogens with zero attached hydrogens (tertiary/aromatic N) is 1. The standard InChI is InChI=1S/C18H18IN3OS/c1-12(2)14-6-3-13(4-7-14)5-10-17(23)22-18(24)21-16-9-8-15(19)11-20-16/h3-12H,1-2H3,(H2,20,21,22,23,24)/b10-5+. The summed E-state index contributed by atoms with van der Waals surface area (Å²) in [4.78, 5) is 16.1. The highest BCUT2D eigenvalue weighted by Crippen LogP contribution is 2.15. The molecule has 2 rings (SSSR count). The molecule has 0 fully saturated rings. The number of benzene rings is 1. The minimum Gasteiger partial charge on any atom is -0.317 e. The molecule has 24 heavy (non-hydrogen) atoms. The van der Waals surface area contributed by atoms with Crippen molar-refractivity contribution in [2.75, 3.05) is 5.32 Å². The number of nitrogens with one attached hydrogen (secondary N) is 2. The molecule has 1 heterocycles. The fourth-order valence-electron chi connectivity index (χ4n) is 1.91. The first kappa shape index (κ1) is 18.5. The molecule has 0 saturated carbocycles. The van der Waals surface area contributed by atoms with Crippen LogP contribution in [0.3, 0.4) is 0 Å². The molecule has 4 nitrogen and oxygen atoms in total. The Morgan fingerprint density at radius 1 is 1.21 bits per heavy atom. The van der Waals surface area contributed by atoms with E-state index in [1.54, 1.807) is 18.3 Å². The summed E-state index contributed by atoms with van der Waals surface area (Å²) < 4.78 is 1.03. The van der Waals surface area contributed by atoms with E-state index in [2.05, 4.69) is 64.2 Å². The number of thiocarbonyl (C=S) groups is 1. The van der Waals surface area contributed by atoms with Gasteiger partial charge in [0.15, 0.2) is 5.11 Å². The van der Waals surface area contributed by atoms with Crippen LogP contribution in [0.15, 0.2) is 48.7 Å². The number of rotatable bonds is 4. The zero-order valence-corrected chi connectivity index (χ0v) is 16.4. The number of anilines is 1. The third-order valence-electron chi connectivity index (χ3n) is 3.24. The van der Waals surface area contributed by atoms with Crippen molar-refractivity contribution in [3.05, 3.63) is 63.4 Å². The Kier molecular flexibility index (Phi) is 6.86. The average Bonchev–Trinajstić information content (AvgIpc) is 2.55. The van der Waals surface area contributed by atoms with E-state index in [9.17, 15) is 4.79 Å². The van der Waals surface area contributed by atoms with Crippen LogP contribution >= 0.6 is 34.8 Å². The third kappa shape index (κ3) is 6.01. The Balaban J connectivity index is 1.87. The Labute approximate surface area is 160 Å². The quantitative estimate of drug-likeness (QED) is 0.413. The van der Waals surface area contributed by atoms with Crippen molar-refractivity contribution >= 4 is 57.7 Å². The molecule has 0 saturated heterocycles. The van der Waals surface area contributed by atoms with E-state index < -0.39 is 0 Å². The van der Waals surface area contributed by atoms with Gasteiger partial charge in [-0.3, -0.25) is 10.1 Å². The first-order valence-corrected chi connectivity index (χ1v) is 8.94. The van der Waals surface area contributed by atoms with Gasteiger partial charge >= 0.3 is 0 Å². The lowest BCUT2D eigenvalue weighted by atomic mass is 10.0. The van der Waals surface area contributed by atoms with Crippen molar-refractivity contribution in [2.24, 2.45) is 0 Å². The van der Waals surface area contributed by atoms with Gasteiger partial charge in [-0.1, -0.05) is 38.1 Å². The summed E-state index contributed by atoms with van der Waals surface area (Å²) in [6.45, 7) is 4.30. The summed E-state index contributed by atoms with van der Waals surface area (Å²) in [6.07, 6.45) is 4.93. The van der Waals surface area contributed by atoms with E-state index in [-0.39, 0.29) is 11.0 Å². The van der Waals surface area contributed by atoms with E-state index in [0.717, 1.165) is 9.13 Å². The highest BCUT2D eigenvalue weighted by molar-refractivity contribution is 14.1. The summed E-state index contributed by atoms with van der Waals surface area (Å²) >= 11 is 7.27. The molecular weight excluding hydrogens is 433 g/mol. The Morgan fingerprint density at radius 2 is 1.92 bits per heavy atom. The molecule has 6 heteroatoms. The fourth-order valence-corrected chi connectivity index (χ4v) is 2.44. The SMILES string of the molecule is CC(C)c1ccc(/C=C/C(=O)NC(=S)Nc2ccc(I)cn2)cc1. The number of halogens is 1. The second-order valence-corrected chi connectivity index (χ2v) is 7.11. The van der Waals surface area contributed by atoms with Crippen LogP contribution in [-0.4, -0.2) is 16.0 Å². The highest BCUT2D eigenvalue weighted by Gasteiger charge is 2.03. The van der Waals surface area contributed by atoms with Crippen LogP contribution in [0.4, 0.5) is 5.82 Å². The molecule has 1 aromatic heterocycles. The average molecular weight is 451 g/mol. The Bertz CT molecular complexity index is 740. The number of amides is 1. The molecule has 0 atom stereocenters. The number of carbonyl (C=O) groups is 1. The summed E-state index contributed by atoms with van der Waals surface area (Å²) in [5.41, 5.74) is 2.24. The van der Waals surface area contributed by atoms with Gasteiger partial charge in [0, 0.05) is 15.8 Å². The van der Waals surface area contributed by atoms with Gasteiger partial charge in [0.1, 0.15) is 5.82 Å². The lowest BCUT2D eigenvalue weighted by molar-refractivity contribution is -0.115. The predicted molar refractivity (Wildman–Crippen MR) is 111 cm³/mol. The topological polar surface area (TPSA) is 54.0 Å². The van der Waals surface area contributed by atoms with Crippen molar-refractivity contribution in [3.63, 3.8) is 0 Å². The molecule has 0 spiro atoms. The molecule has 0 aliphatic carbocycles. The number of carbonyl (C=O) groups excluding carboxylic acids is 1. The van der Waals surface area contributed by atoms with Crippen LogP contribution in [0, 0.1) is 3.57 Å². The van der Waals surface area contributed by atoms with Crippen molar-refractivity contribution in [2.45, 2.75) is 19.8 Å². The molecule has 1 amide bonds. The van der Waals surface area contributed by atoms with E-state index in [1.807, 2.05) is 18.2 Å². The van der Waals surface area contributed by atoms with Gasteiger partial charge in [-0.05, 0) is 70.1 Å². The normalized spacial score (nSPS) is 10.8. The maximum Gasteiger partial charge on any atom is 0.250 e. The molecule has 1 aromatic carbocycles. The maximum atomic E-state index is 11.9. The Hall–Kier alpha value is -1.80. The molecule has 2 N–H and O–H groups in total. The van der Waals surface area contributed by atoms with Crippen molar-refractivity contribution in [1.29, 1.82) is 0 Å². The number of pyridine rings is 1. The summed E-state index contributed by atoms with van der Waals surface area (Å²) in [5, 5.41) is 5.68. The molecule has 124 valence electrons. The highest BCUT2D eigenvalue weighted by atomic mass is 127. The molecule has 0 unspecified atom stereocenters. The summed E-state index contributed by atoms with van der Waals surface area (Å²) in [7, 11) is 0. The predicted octanol–water partition coefficient (Wildman–Crippen LogP) is 4.34. The van der Waals surface area contributed by atoms with Crippen LogP contribution in [0.2, 0.25) is 0 Å². The van der Waals surface area contributed by atoms with Gasteiger partial charge in [-0.25, -0.2) is 4.98 Å². The second-order valence-electron chi connectivity index (χ2n) is 5.46. The van der Waals surface area contributed by atoms with Gasteiger partial charge in [-0.15, -0.1) is 0 Å². The summed E-state index contributed by atoms with van der Waals surface area (Å²) in [5.74, 6) is 0.796. The van der Waals surface area contributed by atoms with E-state index in [1.165, 1.54) is 11.6 Å². The molecular formula is C18H18IN3OS. The number of hydrogen-bond acceptors (Lipinski definition) is 3. The van der Waals surface area contributed by atoms with E-state index in [0.29, 0.717) is 11.7 Å². The zero-order valence-electron chi connectivity index (χ0n) is 13.4. The number of hydrogen-bond donors (Lipinski definition) is 2. The molecule has 0 aliphatic heterocycles. The van der Waals surface area contributed by atoms with Gasteiger partial charge in [0.25, 0.3) is 0 Å². The first-order valence-electron chi connectivity index (χ1n) is 7.45. The van der Waals surface area contributed by atoms with Crippen LogP contribution in [0.1, 0.15) is 30.9 Å². The smallest absolute Gasteiger partial charge is 0.250 e. The third-order valence-corrected chi connectivity index (χ3v) is 4.08.